The zero-order valence-electron chi connectivity index (χ0n) is 14.0. The summed E-state index contributed by atoms with van der Waals surface area (Å²) in [7, 11) is 6.59. The zero-order chi connectivity index (χ0) is 18.9. The molecule has 0 saturated carbocycles. The number of benzene rings is 2. The van der Waals surface area contributed by atoms with Crippen molar-refractivity contribution in [1.82, 2.24) is 0 Å². The number of nitriles is 1. The van der Waals surface area contributed by atoms with Crippen LogP contribution < -0.4 is 4.74 Å². The van der Waals surface area contributed by atoms with Gasteiger partial charge in [-0.2, -0.15) is 0 Å². The van der Waals surface area contributed by atoms with Gasteiger partial charge in [-0.25, -0.2) is 0 Å². The fourth-order valence-electron chi connectivity index (χ4n) is 2.23. The number of hydrogen-bond acceptors (Lipinski definition) is 5. The predicted molar refractivity (Wildman–Crippen MR) is 97.4 cm³/mol. The van der Waals surface area contributed by atoms with Gasteiger partial charge in [-0.3, -0.25) is 0 Å². The molecule has 125 valence electrons. The quantitative estimate of drug-likeness (QED) is 0.360. The Morgan fingerprint density at radius 1 is 1.23 bits per heavy atom. The van der Waals surface area contributed by atoms with Crippen molar-refractivity contribution in [2.75, 3.05) is 7.11 Å². The second-order valence-corrected chi connectivity index (χ2v) is 5.12. The molecule has 5 nitrogen and oxygen atoms in total. The SMILES string of the molecule is [B]=COc1cc(C(=O)OC)ccc1C#Cc1cc(C=O)cc(CC#N)c1. The molecular weight excluding hydrogens is 329 g/mol. The van der Waals surface area contributed by atoms with Crippen molar-refractivity contribution in [2.24, 2.45) is 0 Å². The van der Waals surface area contributed by atoms with Crippen LogP contribution in [-0.4, -0.2) is 33.0 Å². The fraction of sp³-hybridized carbons (Fsp3) is 0.100. The number of ether oxygens (including phenoxy) is 2. The second kappa shape index (κ2) is 9.01. The van der Waals surface area contributed by atoms with Crippen LogP contribution in [0.4, 0.5) is 0 Å². The average molecular weight is 342 g/mol. The van der Waals surface area contributed by atoms with Crippen molar-refractivity contribution in [3.05, 3.63) is 64.2 Å². The van der Waals surface area contributed by atoms with Gasteiger partial charge in [0.25, 0.3) is 0 Å². The van der Waals surface area contributed by atoms with Gasteiger partial charge in [0.15, 0.2) is 0 Å². The summed E-state index contributed by atoms with van der Waals surface area (Å²) in [5.41, 5.74) is 2.52. The van der Waals surface area contributed by atoms with Crippen molar-refractivity contribution >= 4 is 25.9 Å². The molecule has 2 rings (SSSR count). The fourth-order valence-corrected chi connectivity index (χ4v) is 2.23. The van der Waals surface area contributed by atoms with E-state index in [0.29, 0.717) is 39.9 Å². The molecule has 2 aromatic rings. The van der Waals surface area contributed by atoms with Crippen molar-refractivity contribution in [2.45, 2.75) is 6.42 Å². The molecule has 0 heterocycles. The van der Waals surface area contributed by atoms with E-state index in [-0.39, 0.29) is 6.42 Å². The van der Waals surface area contributed by atoms with Gasteiger partial charge < -0.3 is 0 Å². The molecule has 0 spiro atoms. The molecule has 26 heavy (non-hydrogen) atoms. The Bertz CT molecular complexity index is 964. The number of carbonyl (C=O) groups is 2. The van der Waals surface area contributed by atoms with Crippen molar-refractivity contribution in [3.8, 4) is 23.7 Å². The number of hydrogen-bond donors (Lipinski definition) is 0. The van der Waals surface area contributed by atoms with Crippen LogP contribution in [0.2, 0.25) is 0 Å². The Morgan fingerprint density at radius 2 is 2.04 bits per heavy atom. The Hall–Kier alpha value is -3.64. The van der Waals surface area contributed by atoms with Crippen molar-refractivity contribution in [1.29, 1.82) is 5.26 Å². The minimum absolute atomic E-state index is 0.181. The van der Waals surface area contributed by atoms with Crippen molar-refractivity contribution < 1.29 is 19.1 Å². The number of carbonyl (C=O) groups excluding carboxylic acids is 2. The number of rotatable bonds is 5. The van der Waals surface area contributed by atoms with E-state index in [1.807, 2.05) is 6.07 Å². The first-order valence-electron chi connectivity index (χ1n) is 7.51. The summed E-state index contributed by atoms with van der Waals surface area (Å²) in [5.74, 6) is 5.63. The van der Waals surface area contributed by atoms with E-state index in [1.54, 1.807) is 30.3 Å². The molecular formula is C20H13BNO4. The Morgan fingerprint density at radius 3 is 2.69 bits per heavy atom. The molecule has 0 fully saturated rings. The van der Waals surface area contributed by atoms with Gasteiger partial charge in [0.2, 0.25) is 0 Å². The zero-order valence-corrected chi connectivity index (χ0v) is 14.0. The van der Waals surface area contributed by atoms with Gasteiger partial charge in [0, 0.05) is 0 Å². The summed E-state index contributed by atoms with van der Waals surface area (Å²) in [6, 6.07) is 11.7. The molecule has 0 aliphatic heterocycles. The summed E-state index contributed by atoms with van der Waals surface area (Å²) >= 11 is 0. The van der Waals surface area contributed by atoms with E-state index >= 15 is 0 Å². The Labute approximate surface area is 152 Å². The van der Waals surface area contributed by atoms with Crippen LogP contribution in [0.1, 0.15) is 37.4 Å². The Balaban J connectivity index is 2.44. The molecule has 0 unspecified atom stereocenters. The topological polar surface area (TPSA) is 76.4 Å². The van der Waals surface area contributed by atoms with Gasteiger partial charge in [0.05, 0.1) is 0 Å². The summed E-state index contributed by atoms with van der Waals surface area (Å²) in [6.07, 6.45) is 1.87. The number of nitrogens with zero attached hydrogens (tertiary/aromatic N) is 1. The summed E-state index contributed by atoms with van der Waals surface area (Å²) in [4.78, 5) is 22.7. The van der Waals surface area contributed by atoms with E-state index in [2.05, 4.69) is 16.6 Å². The van der Waals surface area contributed by atoms with Gasteiger partial charge >= 0.3 is 152 Å². The van der Waals surface area contributed by atoms with E-state index < -0.39 is 5.97 Å². The van der Waals surface area contributed by atoms with Crippen LogP contribution in [0.25, 0.3) is 0 Å². The third-order valence-corrected chi connectivity index (χ3v) is 3.37. The first-order chi connectivity index (χ1) is 12.6. The normalized spacial score (nSPS) is 9.19. The summed E-state index contributed by atoms with van der Waals surface area (Å²) in [5, 5.41) is 8.82. The first-order valence-corrected chi connectivity index (χ1v) is 7.51. The molecule has 0 aliphatic carbocycles. The standard InChI is InChI=1S/C20H13BNO4/c1-25-20(24)18-5-4-17(19(11-18)26-13-21)3-2-14-8-15(6-7-22)10-16(9-14)12-23/h4-5,8-13H,6H2,1H3. The molecule has 0 amide bonds. The maximum atomic E-state index is 11.6. The van der Waals surface area contributed by atoms with Crippen molar-refractivity contribution in [3.63, 3.8) is 0 Å². The molecule has 2 aromatic carbocycles. The van der Waals surface area contributed by atoms with Crippen LogP contribution in [-0.2, 0) is 11.2 Å². The predicted octanol–water partition coefficient (Wildman–Crippen LogP) is 2.06. The monoisotopic (exact) mass is 342 g/mol. The van der Waals surface area contributed by atoms with Gasteiger partial charge in [-0.1, -0.05) is 0 Å². The number of aldehydes is 1. The van der Waals surface area contributed by atoms with E-state index in [4.69, 9.17) is 17.5 Å². The minimum atomic E-state index is -0.508. The van der Waals surface area contributed by atoms with Gasteiger partial charge in [0.1, 0.15) is 0 Å². The van der Waals surface area contributed by atoms with E-state index in [9.17, 15) is 9.59 Å². The summed E-state index contributed by atoms with van der Waals surface area (Å²) in [6.45, 7) is 0. The van der Waals surface area contributed by atoms with E-state index in [1.165, 1.54) is 13.2 Å². The van der Waals surface area contributed by atoms with Gasteiger partial charge in [-0.15, -0.1) is 0 Å². The third-order valence-electron chi connectivity index (χ3n) is 3.37. The van der Waals surface area contributed by atoms with Crippen LogP contribution in [0.15, 0.2) is 36.4 Å². The molecule has 0 N–H and O–H groups in total. The van der Waals surface area contributed by atoms with E-state index in [0.717, 1.165) is 6.15 Å². The second-order valence-electron chi connectivity index (χ2n) is 5.12. The van der Waals surface area contributed by atoms with Crippen LogP contribution in [0, 0.1) is 23.2 Å². The molecule has 1 radical (unpaired) electrons. The van der Waals surface area contributed by atoms with Crippen LogP contribution in [0.5, 0.6) is 5.75 Å². The molecule has 0 aromatic heterocycles. The molecule has 0 saturated heterocycles. The average Bonchev–Trinajstić information content (AvgIpc) is 2.66. The molecule has 0 aliphatic rings. The Kier molecular flexibility index (Phi) is 6.48. The van der Waals surface area contributed by atoms with Gasteiger partial charge in [-0.05, 0) is 0 Å². The number of methoxy groups -OCH3 is 1. The number of esters is 1. The molecule has 0 atom stereocenters. The maximum absolute atomic E-state index is 11.6. The van der Waals surface area contributed by atoms with Crippen LogP contribution in [0.3, 0.4) is 0 Å². The third kappa shape index (κ3) is 4.69. The molecule has 0 bridgehead atoms. The first kappa shape index (κ1) is 18.7. The molecule has 6 heteroatoms. The van der Waals surface area contributed by atoms with Crippen LogP contribution >= 0.6 is 0 Å². The summed E-state index contributed by atoms with van der Waals surface area (Å²) < 4.78 is 9.88.